The molecule has 0 bridgehead atoms. The summed E-state index contributed by atoms with van der Waals surface area (Å²) < 4.78 is 68.9. The Kier molecular flexibility index (Phi) is 8.68. The maximum absolute atomic E-state index is 13.2. The van der Waals surface area contributed by atoms with Gasteiger partial charge in [-0.15, -0.1) is 0 Å². The number of hydrogen-bond donors (Lipinski definition) is 0. The molecular weight excluding hydrogens is 549 g/mol. The first kappa shape index (κ1) is 28.9. The zero-order valence-corrected chi connectivity index (χ0v) is 21.7. The highest BCUT2D eigenvalue weighted by Crippen LogP contribution is 2.31. The van der Waals surface area contributed by atoms with E-state index in [9.17, 15) is 36.5 Å². The van der Waals surface area contributed by atoms with E-state index in [2.05, 4.69) is 0 Å². The molecule has 0 aliphatic rings. The van der Waals surface area contributed by atoms with Gasteiger partial charge in [-0.25, -0.2) is 0 Å². The lowest BCUT2D eigenvalue weighted by Gasteiger charge is -2.25. The summed E-state index contributed by atoms with van der Waals surface area (Å²) in [6.07, 6.45) is -4.72. The van der Waals surface area contributed by atoms with Gasteiger partial charge >= 0.3 is 16.3 Å². The van der Waals surface area contributed by atoms with Crippen molar-refractivity contribution in [3.8, 4) is 5.75 Å². The Bertz CT molecular complexity index is 1440. The van der Waals surface area contributed by atoms with Gasteiger partial charge in [-0.1, -0.05) is 43.6 Å². The molecule has 0 aromatic heterocycles. The van der Waals surface area contributed by atoms with Gasteiger partial charge in [0.25, 0.3) is 11.6 Å². The zero-order valence-electron chi connectivity index (χ0n) is 20.1. The topological polar surface area (TPSA) is 107 Å². The lowest BCUT2D eigenvalue weighted by Crippen LogP contribution is -2.34. The number of nitro benzene ring substituents is 1. The Balaban J connectivity index is 1.79. The lowest BCUT2D eigenvalue weighted by molar-refractivity contribution is -0.384. The molecule has 0 fully saturated rings. The van der Waals surface area contributed by atoms with E-state index in [1.807, 2.05) is 13.8 Å². The van der Waals surface area contributed by atoms with Crippen LogP contribution in [0.25, 0.3) is 0 Å². The maximum atomic E-state index is 13.2. The first-order valence-electron chi connectivity index (χ1n) is 11.1. The van der Waals surface area contributed by atoms with E-state index in [-0.39, 0.29) is 34.5 Å². The van der Waals surface area contributed by atoms with E-state index in [0.29, 0.717) is 18.2 Å². The van der Waals surface area contributed by atoms with E-state index < -0.39 is 37.6 Å². The highest BCUT2D eigenvalue weighted by molar-refractivity contribution is 7.87. The highest BCUT2D eigenvalue weighted by atomic mass is 35.5. The van der Waals surface area contributed by atoms with Crippen LogP contribution in [0.15, 0.2) is 71.6 Å². The minimum atomic E-state index is -4.72. The van der Waals surface area contributed by atoms with Gasteiger partial charge < -0.3 is 9.08 Å². The van der Waals surface area contributed by atoms with Crippen LogP contribution in [0.1, 0.15) is 35.3 Å². The van der Waals surface area contributed by atoms with E-state index in [1.54, 1.807) is 0 Å². The number of alkyl halides is 3. The van der Waals surface area contributed by atoms with Crippen LogP contribution in [0, 0.1) is 16.0 Å². The standard InChI is InChI=1S/C25H22ClF3N2O6S/c1-16(2)14-30(24(32)22-11-8-19(31(33)34)13-23(22)26)15-17-6-9-20(10-7-17)37-38(35,36)21-5-3-4-18(12-21)25(27,28)29/h3-13,16H,14-15H2,1-2H3. The van der Waals surface area contributed by atoms with Crippen molar-refractivity contribution in [2.75, 3.05) is 6.54 Å². The number of benzene rings is 3. The summed E-state index contributed by atoms with van der Waals surface area (Å²) in [4.78, 5) is 24.4. The Morgan fingerprint density at radius 3 is 2.29 bits per heavy atom. The third kappa shape index (κ3) is 7.23. The van der Waals surface area contributed by atoms with Gasteiger partial charge in [-0.05, 0) is 47.9 Å². The molecule has 0 saturated heterocycles. The molecule has 3 aromatic rings. The van der Waals surface area contributed by atoms with E-state index in [4.69, 9.17) is 15.8 Å². The van der Waals surface area contributed by atoms with Crippen molar-refractivity contribution in [3.05, 3.63) is 98.6 Å². The van der Waals surface area contributed by atoms with Gasteiger partial charge in [0.15, 0.2) is 0 Å². The normalized spacial score (nSPS) is 11.9. The fraction of sp³-hybridized carbons (Fsp3) is 0.240. The van der Waals surface area contributed by atoms with Crippen LogP contribution >= 0.6 is 11.6 Å². The molecule has 0 aliphatic heterocycles. The van der Waals surface area contributed by atoms with E-state index in [1.165, 1.54) is 41.3 Å². The SMILES string of the molecule is CC(C)CN(Cc1ccc(OS(=O)(=O)c2cccc(C(F)(F)F)c2)cc1)C(=O)c1ccc([N+](=O)[O-])cc1Cl. The zero-order chi connectivity index (χ0) is 28.3. The first-order valence-corrected chi connectivity index (χ1v) is 12.9. The van der Waals surface area contributed by atoms with Crippen LogP contribution in [0.5, 0.6) is 5.75 Å². The van der Waals surface area contributed by atoms with Gasteiger partial charge in [0, 0.05) is 25.2 Å². The molecule has 0 radical (unpaired) electrons. The van der Waals surface area contributed by atoms with E-state index in [0.717, 1.165) is 24.3 Å². The minimum absolute atomic E-state index is 0.0657. The van der Waals surface area contributed by atoms with E-state index >= 15 is 0 Å². The number of non-ortho nitro benzene ring substituents is 1. The molecule has 13 heteroatoms. The number of hydrogen-bond acceptors (Lipinski definition) is 6. The maximum Gasteiger partial charge on any atom is 0.416 e. The second kappa shape index (κ2) is 11.4. The Hall–Kier alpha value is -3.64. The molecule has 0 atom stereocenters. The van der Waals surface area contributed by atoms with Gasteiger partial charge in [0.1, 0.15) is 10.6 Å². The molecular formula is C25H22ClF3N2O6S. The second-order valence-electron chi connectivity index (χ2n) is 8.71. The quantitative estimate of drug-likeness (QED) is 0.169. The first-order chi connectivity index (χ1) is 17.7. The molecule has 38 heavy (non-hydrogen) atoms. The number of amides is 1. The minimum Gasteiger partial charge on any atom is -0.379 e. The van der Waals surface area contributed by atoms with Crippen molar-refractivity contribution in [2.24, 2.45) is 5.92 Å². The Labute approximate surface area is 221 Å². The van der Waals surface area contributed by atoms with Crippen molar-refractivity contribution in [1.82, 2.24) is 4.90 Å². The largest absolute Gasteiger partial charge is 0.416 e. The molecule has 8 nitrogen and oxygen atoms in total. The summed E-state index contributed by atoms with van der Waals surface area (Å²) in [7, 11) is -4.54. The molecule has 0 N–H and O–H groups in total. The van der Waals surface area contributed by atoms with Gasteiger partial charge in [-0.2, -0.15) is 21.6 Å². The monoisotopic (exact) mass is 570 g/mol. The molecule has 0 saturated carbocycles. The average Bonchev–Trinajstić information content (AvgIpc) is 2.83. The van der Waals surface area contributed by atoms with Crippen molar-refractivity contribution in [1.29, 1.82) is 0 Å². The van der Waals surface area contributed by atoms with Crippen molar-refractivity contribution in [2.45, 2.75) is 31.5 Å². The number of halogens is 4. The smallest absolute Gasteiger partial charge is 0.379 e. The van der Waals surface area contributed by atoms with Crippen molar-refractivity contribution in [3.63, 3.8) is 0 Å². The summed E-state index contributed by atoms with van der Waals surface area (Å²) in [5.41, 5.74) is -0.691. The molecule has 3 rings (SSSR count). The van der Waals surface area contributed by atoms with Crippen LogP contribution in [0.2, 0.25) is 5.02 Å². The molecule has 0 spiro atoms. The molecule has 0 heterocycles. The molecule has 1 amide bonds. The van der Waals surface area contributed by atoms with Gasteiger partial charge in [0.2, 0.25) is 0 Å². The van der Waals surface area contributed by atoms with Crippen LogP contribution in [0.3, 0.4) is 0 Å². The van der Waals surface area contributed by atoms with Gasteiger partial charge in [-0.3, -0.25) is 14.9 Å². The third-order valence-electron chi connectivity index (χ3n) is 5.22. The van der Waals surface area contributed by atoms with Crippen molar-refractivity contribution >= 4 is 33.3 Å². The molecule has 202 valence electrons. The number of carbonyl (C=O) groups excluding carboxylic acids is 1. The molecule has 0 aliphatic carbocycles. The Morgan fingerprint density at radius 2 is 1.74 bits per heavy atom. The number of nitro groups is 1. The lowest BCUT2D eigenvalue weighted by atomic mass is 10.1. The fourth-order valence-corrected chi connectivity index (χ4v) is 4.73. The van der Waals surface area contributed by atoms with Gasteiger partial charge in [0.05, 0.1) is 21.1 Å². The summed E-state index contributed by atoms with van der Waals surface area (Å²) in [6.45, 7) is 4.22. The predicted molar refractivity (Wildman–Crippen MR) is 133 cm³/mol. The summed E-state index contributed by atoms with van der Waals surface area (Å²) >= 11 is 6.13. The number of rotatable bonds is 9. The summed E-state index contributed by atoms with van der Waals surface area (Å²) in [5.74, 6) is -0.520. The average molecular weight is 571 g/mol. The summed E-state index contributed by atoms with van der Waals surface area (Å²) in [6, 6.07) is 12.4. The number of nitrogens with zero attached hydrogens (tertiary/aromatic N) is 2. The fourth-order valence-electron chi connectivity index (χ4n) is 3.49. The molecule has 0 unspecified atom stereocenters. The summed E-state index contributed by atoms with van der Waals surface area (Å²) in [5, 5.41) is 10.9. The Morgan fingerprint density at radius 1 is 1.08 bits per heavy atom. The van der Waals surface area contributed by atoms with Crippen LogP contribution in [-0.2, 0) is 22.8 Å². The number of carbonyl (C=O) groups is 1. The van der Waals surface area contributed by atoms with Crippen molar-refractivity contribution < 1.29 is 35.5 Å². The second-order valence-corrected chi connectivity index (χ2v) is 10.7. The highest BCUT2D eigenvalue weighted by Gasteiger charge is 2.32. The third-order valence-corrected chi connectivity index (χ3v) is 6.78. The van der Waals surface area contributed by atoms with Crippen LogP contribution in [-0.4, -0.2) is 30.7 Å². The van der Waals surface area contributed by atoms with Crippen LogP contribution < -0.4 is 4.18 Å². The predicted octanol–water partition coefficient (Wildman–Crippen LogP) is 6.33. The molecule has 3 aromatic carbocycles. The van der Waals surface area contributed by atoms with Crippen LogP contribution in [0.4, 0.5) is 18.9 Å².